The van der Waals surface area contributed by atoms with Crippen molar-refractivity contribution in [3.63, 3.8) is 0 Å². The molecule has 0 amide bonds. The van der Waals surface area contributed by atoms with E-state index in [4.69, 9.17) is 33.5 Å². The Morgan fingerprint density at radius 1 is 0.909 bits per heavy atom. The van der Waals surface area contributed by atoms with Crippen molar-refractivity contribution in [1.82, 2.24) is 44.9 Å². The fourth-order valence-electron chi connectivity index (χ4n) is 7.76. The van der Waals surface area contributed by atoms with Crippen molar-refractivity contribution in [3.05, 3.63) is 48.7 Å². The Morgan fingerprint density at radius 2 is 1.64 bits per heavy atom. The molecule has 2 aliphatic heterocycles. The zero-order valence-corrected chi connectivity index (χ0v) is 31.7. The molecule has 5 heterocycles. The van der Waals surface area contributed by atoms with Crippen LogP contribution in [0.15, 0.2) is 43.1 Å². The van der Waals surface area contributed by atoms with Gasteiger partial charge in [0.05, 0.1) is 70.6 Å². The van der Waals surface area contributed by atoms with Gasteiger partial charge < -0.3 is 33.7 Å². The maximum atomic E-state index is 9.72. The van der Waals surface area contributed by atoms with Crippen molar-refractivity contribution >= 4 is 11.6 Å². The van der Waals surface area contributed by atoms with Crippen LogP contribution in [-0.2, 0) is 25.5 Å². The van der Waals surface area contributed by atoms with E-state index < -0.39 is 0 Å². The van der Waals surface area contributed by atoms with Crippen molar-refractivity contribution < 1.29 is 28.4 Å². The van der Waals surface area contributed by atoms with Gasteiger partial charge in [-0.15, -0.1) is 10.2 Å². The molecule has 0 unspecified atom stereocenters. The Kier molecular flexibility index (Phi) is 13.5. The Bertz CT molecular complexity index is 1790. The third-order valence-corrected chi connectivity index (χ3v) is 10.4. The number of morpholine rings is 1. The third-order valence-electron chi connectivity index (χ3n) is 10.4. The van der Waals surface area contributed by atoms with E-state index in [0.717, 1.165) is 50.0 Å². The van der Waals surface area contributed by atoms with Gasteiger partial charge in [0.25, 0.3) is 5.88 Å². The van der Waals surface area contributed by atoms with Gasteiger partial charge in [-0.3, -0.25) is 9.58 Å². The van der Waals surface area contributed by atoms with Gasteiger partial charge in [-0.1, -0.05) is 6.07 Å². The van der Waals surface area contributed by atoms with Crippen molar-refractivity contribution in [3.8, 4) is 28.8 Å². The largest absolute Gasteiger partial charge is 0.487 e. The van der Waals surface area contributed by atoms with Crippen molar-refractivity contribution in [2.75, 3.05) is 65.3 Å². The smallest absolute Gasteiger partial charge is 0.256 e. The van der Waals surface area contributed by atoms with Gasteiger partial charge >= 0.3 is 0 Å². The highest BCUT2D eigenvalue weighted by atomic mass is 16.5. The lowest BCUT2D eigenvalue weighted by atomic mass is 9.89. The molecule has 3 aliphatic rings. The van der Waals surface area contributed by atoms with Crippen LogP contribution < -0.4 is 14.8 Å². The van der Waals surface area contributed by atoms with E-state index >= 15 is 0 Å². The van der Waals surface area contributed by atoms with Gasteiger partial charge in [0.2, 0.25) is 5.95 Å². The molecule has 17 heteroatoms. The van der Waals surface area contributed by atoms with Crippen LogP contribution in [0.3, 0.4) is 0 Å². The van der Waals surface area contributed by atoms with Gasteiger partial charge in [0.15, 0.2) is 0 Å². The lowest BCUT2D eigenvalue weighted by molar-refractivity contribution is -0.0458. The maximum Gasteiger partial charge on any atom is 0.256 e. The topological polar surface area (TPSA) is 182 Å². The average molecular weight is 758 g/mol. The molecule has 3 fully saturated rings. The van der Waals surface area contributed by atoms with E-state index in [9.17, 15) is 5.26 Å². The van der Waals surface area contributed by atoms with Crippen LogP contribution in [0.25, 0.3) is 11.1 Å². The van der Waals surface area contributed by atoms with Crippen LogP contribution in [0.2, 0.25) is 0 Å². The first-order valence-electron chi connectivity index (χ1n) is 19.3. The molecule has 0 radical (unpaired) electrons. The number of tetrazole rings is 1. The first-order chi connectivity index (χ1) is 27.1. The summed E-state index contributed by atoms with van der Waals surface area (Å²) in [5, 5.41) is 29.2. The Balaban J connectivity index is 0.990. The molecule has 55 heavy (non-hydrogen) atoms. The summed E-state index contributed by atoms with van der Waals surface area (Å²) in [5.41, 5.74) is 2.72. The zero-order chi connectivity index (χ0) is 37.8. The first-order valence-corrected chi connectivity index (χ1v) is 19.3. The number of hydrogen-bond donors (Lipinski definition) is 1. The quantitative estimate of drug-likeness (QED) is 0.127. The number of benzene rings is 1. The van der Waals surface area contributed by atoms with E-state index in [-0.39, 0.29) is 12.1 Å². The van der Waals surface area contributed by atoms with Crippen molar-refractivity contribution in [1.29, 1.82) is 5.26 Å². The normalized spacial score (nSPS) is 21.6. The lowest BCUT2D eigenvalue weighted by Crippen LogP contribution is -2.52. The highest BCUT2D eigenvalue weighted by Crippen LogP contribution is 2.39. The molecule has 17 nitrogen and oxygen atoms in total. The summed E-state index contributed by atoms with van der Waals surface area (Å²) < 4.78 is 38.0. The number of nitrogens with zero attached hydrogens (tertiary/aromatic N) is 10. The summed E-state index contributed by atoms with van der Waals surface area (Å²) in [6.45, 7) is 7.23. The number of anilines is 2. The predicted molar refractivity (Wildman–Crippen MR) is 200 cm³/mol. The fraction of sp³-hybridized carbons (Fsp3) is 0.605. The number of ether oxygens (including phenoxy) is 6. The Labute approximate surface area is 321 Å². The lowest BCUT2D eigenvalue weighted by Gasteiger charge is -2.43. The molecular weight excluding hydrogens is 706 g/mol. The third kappa shape index (κ3) is 10.1. The van der Waals surface area contributed by atoms with Crippen molar-refractivity contribution in [2.45, 2.75) is 88.7 Å². The Hall–Kier alpha value is -4.73. The number of methoxy groups -OCH3 is 1. The number of nitrogens with one attached hydrogen (secondary N) is 1. The summed E-state index contributed by atoms with van der Waals surface area (Å²) in [6, 6.07) is 9.66. The average Bonchev–Trinajstić information content (AvgIpc) is 3.93. The van der Waals surface area contributed by atoms with Crippen LogP contribution in [-0.4, -0.2) is 129 Å². The summed E-state index contributed by atoms with van der Waals surface area (Å²) in [7, 11) is 1.65. The molecule has 2 saturated heterocycles. The molecule has 3 aromatic heterocycles. The second-order valence-corrected chi connectivity index (χ2v) is 14.3. The molecule has 4 aromatic rings. The fourth-order valence-corrected chi connectivity index (χ4v) is 7.76. The molecule has 294 valence electrons. The van der Waals surface area contributed by atoms with Crippen molar-refractivity contribution in [2.24, 2.45) is 0 Å². The van der Waals surface area contributed by atoms with Gasteiger partial charge in [0, 0.05) is 56.2 Å². The number of aromatic nitrogens is 8. The van der Waals surface area contributed by atoms with Crippen LogP contribution in [0, 0.1) is 11.3 Å². The molecule has 0 spiro atoms. The van der Waals surface area contributed by atoms with Gasteiger partial charge in [-0.2, -0.15) is 5.26 Å². The Morgan fingerprint density at radius 3 is 2.36 bits per heavy atom. The second kappa shape index (κ2) is 19.2. The van der Waals surface area contributed by atoms with Crippen LogP contribution >= 0.6 is 0 Å². The molecule has 1 N–H and O–H groups in total. The second-order valence-electron chi connectivity index (χ2n) is 14.3. The van der Waals surface area contributed by atoms with E-state index in [1.165, 1.54) is 19.2 Å². The van der Waals surface area contributed by atoms with Crippen LogP contribution in [0.5, 0.6) is 11.6 Å². The number of fused-ring (bicyclic) bond motifs is 2. The van der Waals surface area contributed by atoms with Gasteiger partial charge in [0.1, 0.15) is 29.9 Å². The molecule has 1 aliphatic carbocycles. The molecule has 3 atom stereocenters. The minimum Gasteiger partial charge on any atom is -0.487 e. The minimum absolute atomic E-state index is 0.278. The maximum absolute atomic E-state index is 9.72. The summed E-state index contributed by atoms with van der Waals surface area (Å²) in [5.74, 6) is 1.38. The highest BCUT2D eigenvalue weighted by Gasteiger charge is 2.42. The monoisotopic (exact) mass is 757 g/mol. The van der Waals surface area contributed by atoms with E-state index in [0.29, 0.717) is 99.6 Å². The summed E-state index contributed by atoms with van der Waals surface area (Å²) in [4.78, 5) is 12.0. The van der Waals surface area contributed by atoms with Crippen LogP contribution in [0.1, 0.15) is 63.5 Å². The minimum atomic E-state index is -0.278. The number of hydrogen-bond acceptors (Lipinski definition) is 15. The SMILES string of the molecule is COCCOCCOCCCOc1nn(C2CCC(N3[C@@H]4CC[C@H]3COC4)CC2)cc1Nc1ncc(-c2ccc(C#N)c(O[C@@H](C)Cn3cnnn3)c2)cn1. The van der Waals surface area contributed by atoms with Gasteiger partial charge in [-0.05, 0) is 73.6 Å². The molecule has 1 saturated carbocycles. The van der Waals surface area contributed by atoms with Crippen LogP contribution in [0.4, 0.5) is 11.6 Å². The molecular formula is C38H51N11O6. The molecule has 1 aromatic carbocycles. The van der Waals surface area contributed by atoms with Gasteiger partial charge in [-0.25, -0.2) is 14.6 Å². The molecule has 2 bridgehead atoms. The summed E-state index contributed by atoms with van der Waals surface area (Å²) >= 11 is 0. The number of nitriles is 1. The highest BCUT2D eigenvalue weighted by molar-refractivity contribution is 5.67. The van der Waals surface area contributed by atoms with E-state index in [2.05, 4.69) is 46.5 Å². The standard InChI is InChI=1S/C38H51N11O6/c1-27(22-47-26-42-45-46-47)55-36-18-28(4-5-29(36)19-39)30-20-40-38(41-21-30)43-35-23-48(44-37(35)54-13-3-12-51-16-17-52-15-14-50-2)31-6-8-32(9-7-31)49-33-10-11-34(49)25-53-24-33/h4-5,18,20-21,23,26-27,31-34H,3,6-17,22,24-25H2,1-2H3,(H,40,41,43)/t27-,31?,32?,33-,34+/m0/s1. The first kappa shape index (κ1) is 38.5. The van der Waals surface area contributed by atoms with E-state index in [1.807, 2.05) is 25.3 Å². The summed E-state index contributed by atoms with van der Waals surface area (Å²) in [6.07, 6.45) is 14.4. The molecule has 7 rings (SSSR count). The number of rotatable bonds is 20. The zero-order valence-electron chi connectivity index (χ0n) is 31.7. The van der Waals surface area contributed by atoms with E-state index in [1.54, 1.807) is 30.3 Å². The predicted octanol–water partition coefficient (Wildman–Crippen LogP) is 4.20.